The lowest BCUT2D eigenvalue weighted by Gasteiger charge is -2.31. The van der Waals surface area contributed by atoms with Crippen LogP contribution in [0.25, 0.3) is 0 Å². The molecule has 22 heavy (non-hydrogen) atoms. The van der Waals surface area contributed by atoms with Crippen molar-refractivity contribution in [1.82, 2.24) is 10.2 Å². The van der Waals surface area contributed by atoms with Gasteiger partial charge in [-0.1, -0.05) is 6.42 Å². The summed E-state index contributed by atoms with van der Waals surface area (Å²) in [7, 11) is 0. The molecule has 3 atom stereocenters. The van der Waals surface area contributed by atoms with Crippen LogP contribution in [0.2, 0.25) is 0 Å². The maximum atomic E-state index is 12.2. The average molecular weight is 307 g/mol. The summed E-state index contributed by atoms with van der Waals surface area (Å²) in [6.45, 7) is 2.31. The van der Waals surface area contributed by atoms with Crippen molar-refractivity contribution in [3.63, 3.8) is 0 Å². The van der Waals surface area contributed by atoms with Gasteiger partial charge in [-0.3, -0.25) is 4.79 Å². The third kappa shape index (κ3) is 3.73. The second-order valence-electron chi connectivity index (χ2n) is 7.56. The molecule has 0 spiro atoms. The molecule has 0 aromatic heterocycles. The summed E-state index contributed by atoms with van der Waals surface area (Å²) in [6.07, 6.45) is 9.06. The highest BCUT2D eigenvalue weighted by Gasteiger charge is 2.38. The zero-order valence-corrected chi connectivity index (χ0v) is 13.4. The first kappa shape index (κ1) is 15.6. The molecule has 0 aromatic rings. The van der Waals surface area contributed by atoms with Crippen LogP contribution in [0.1, 0.15) is 51.4 Å². The zero-order valence-electron chi connectivity index (χ0n) is 13.4. The van der Waals surface area contributed by atoms with E-state index in [0.717, 1.165) is 56.7 Å². The van der Waals surface area contributed by atoms with Crippen LogP contribution in [0.4, 0.5) is 4.79 Å². The maximum Gasteiger partial charge on any atom is 0.317 e. The lowest BCUT2D eigenvalue weighted by molar-refractivity contribution is -0.119. The Kier molecular flexibility index (Phi) is 4.89. The number of amides is 3. The number of carbonyl (C=O) groups is 2. The summed E-state index contributed by atoms with van der Waals surface area (Å²) >= 11 is 0. The van der Waals surface area contributed by atoms with Gasteiger partial charge in [0.25, 0.3) is 0 Å². The summed E-state index contributed by atoms with van der Waals surface area (Å²) in [5, 5.41) is 3.09. The number of piperidine rings is 1. The summed E-state index contributed by atoms with van der Waals surface area (Å²) in [4.78, 5) is 25.0. The Morgan fingerprint density at radius 2 is 1.86 bits per heavy atom. The minimum Gasteiger partial charge on any atom is -0.370 e. The molecule has 2 bridgehead atoms. The molecule has 3 aliphatic rings. The van der Waals surface area contributed by atoms with Crippen LogP contribution in [-0.2, 0) is 4.79 Å². The highest BCUT2D eigenvalue weighted by atomic mass is 16.2. The van der Waals surface area contributed by atoms with Gasteiger partial charge in [-0.15, -0.1) is 0 Å². The Bertz CT molecular complexity index is 418. The van der Waals surface area contributed by atoms with E-state index in [4.69, 9.17) is 5.73 Å². The molecule has 124 valence electrons. The monoisotopic (exact) mass is 307 g/mol. The number of primary amides is 1. The van der Waals surface area contributed by atoms with Crippen LogP contribution in [-0.4, -0.2) is 36.5 Å². The molecule has 1 heterocycles. The number of hydrogen-bond donors (Lipinski definition) is 2. The number of rotatable bonds is 5. The molecule has 1 aliphatic heterocycles. The van der Waals surface area contributed by atoms with Gasteiger partial charge >= 0.3 is 6.03 Å². The van der Waals surface area contributed by atoms with Crippen LogP contribution in [0.3, 0.4) is 0 Å². The molecule has 0 radical (unpaired) electrons. The highest BCUT2D eigenvalue weighted by Crippen LogP contribution is 2.49. The van der Waals surface area contributed by atoms with Crippen molar-refractivity contribution in [2.45, 2.75) is 51.4 Å². The van der Waals surface area contributed by atoms with Crippen LogP contribution in [0, 0.1) is 23.7 Å². The van der Waals surface area contributed by atoms with Gasteiger partial charge in [0.15, 0.2) is 0 Å². The van der Waals surface area contributed by atoms with Crippen LogP contribution in [0.15, 0.2) is 0 Å². The molecule has 5 heteroatoms. The van der Waals surface area contributed by atoms with Gasteiger partial charge in [0, 0.05) is 26.1 Å². The second kappa shape index (κ2) is 6.88. The number of nitrogens with zero attached hydrogens (tertiary/aromatic N) is 1. The first-order valence-electron chi connectivity index (χ1n) is 8.93. The van der Waals surface area contributed by atoms with Crippen molar-refractivity contribution in [2.75, 3.05) is 19.6 Å². The van der Waals surface area contributed by atoms with Crippen LogP contribution in [0.5, 0.6) is 0 Å². The molecule has 0 unspecified atom stereocenters. The molecule has 3 fully saturated rings. The number of carbonyl (C=O) groups excluding carboxylic acids is 2. The largest absolute Gasteiger partial charge is 0.370 e. The Balaban J connectivity index is 1.32. The van der Waals surface area contributed by atoms with E-state index in [1.165, 1.54) is 25.7 Å². The third-order valence-electron chi connectivity index (χ3n) is 6.07. The molecule has 5 nitrogen and oxygen atoms in total. The van der Waals surface area contributed by atoms with Gasteiger partial charge in [0.2, 0.25) is 5.91 Å². The van der Waals surface area contributed by atoms with Gasteiger partial charge in [-0.05, 0) is 62.2 Å². The quantitative estimate of drug-likeness (QED) is 0.816. The van der Waals surface area contributed by atoms with E-state index in [2.05, 4.69) is 5.32 Å². The molecule has 2 saturated carbocycles. The molecule has 3 N–H and O–H groups in total. The maximum absolute atomic E-state index is 12.2. The number of nitrogens with one attached hydrogen (secondary N) is 1. The van der Waals surface area contributed by atoms with Crippen molar-refractivity contribution in [1.29, 1.82) is 0 Å². The Hall–Kier alpha value is -1.26. The lowest BCUT2D eigenvalue weighted by atomic mass is 9.86. The van der Waals surface area contributed by atoms with Gasteiger partial charge in [-0.25, -0.2) is 4.79 Å². The van der Waals surface area contributed by atoms with Crippen molar-refractivity contribution in [3.8, 4) is 0 Å². The molecule has 2 aliphatic carbocycles. The summed E-state index contributed by atoms with van der Waals surface area (Å²) < 4.78 is 0. The fourth-order valence-electron chi connectivity index (χ4n) is 4.83. The van der Waals surface area contributed by atoms with Crippen molar-refractivity contribution in [3.05, 3.63) is 0 Å². The van der Waals surface area contributed by atoms with E-state index in [1.54, 1.807) is 0 Å². The topological polar surface area (TPSA) is 75.4 Å². The minimum absolute atomic E-state index is 0.0701. The molecular formula is C17H29N3O2. The molecule has 0 aromatic carbocycles. The van der Waals surface area contributed by atoms with Gasteiger partial charge in [-0.2, -0.15) is 0 Å². The molecular weight excluding hydrogens is 278 g/mol. The number of fused-ring (bicyclic) bond motifs is 2. The van der Waals surface area contributed by atoms with E-state index in [1.807, 2.05) is 4.90 Å². The van der Waals surface area contributed by atoms with Gasteiger partial charge < -0.3 is 16.0 Å². The second-order valence-corrected chi connectivity index (χ2v) is 7.56. The summed E-state index contributed by atoms with van der Waals surface area (Å²) in [5.74, 6) is 2.89. The fourth-order valence-corrected chi connectivity index (χ4v) is 4.83. The normalized spacial score (nSPS) is 31.5. The molecule has 1 saturated heterocycles. The van der Waals surface area contributed by atoms with E-state index < -0.39 is 0 Å². The minimum atomic E-state index is -0.228. The van der Waals surface area contributed by atoms with Crippen molar-refractivity contribution < 1.29 is 9.59 Å². The van der Waals surface area contributed by atoms with Crippen LogP contribution >= 0.6 is 0 Å². The van der Waals surface area contributed by atoms with E-state index >= 15 is 0 Å². The summed E-state index contributed by atoms with van der Waals surface area (Å²) in [6, 6.07) is 0.0701. The fraction of sp³-hybridized carbons (Fsp3) is 0.882. The van der Waals surface area contributed by atoms with Gasteiger partial charge in [0.05, 0.1) is 0 Å². The number of likely N-dealkylation sites (tertiary alicyclic amines) is 1. The summed E-state index contributed by atoms with van der Waals surface area (Å²) in [5.41, 5.74) is 5.24. The number of urea groups is 1. The molecule has 3 rings (SSSR count). The van der Waals surface area contributed by atoms with Crippen LogP contribution < -0.4 is 11.1 Å². The van der Waals surface area contributed by atoms with E-state index in [0.29, 0.717) is 12.3 Å². The highest BCUT2D eigenvalue weighted by molar-refractivity contribution is 5.75. The average Bonchev–Trinajstić information content (AvgIpc) is 3.10. The Morgan fingerprint density at radius 3 is 2.45 bits per heavy atom. The SMILES string of the molecule is NC(=O)CC1CCN(C(=O)NCC[C@H]2C[C@H]3CC[C@H]2C3)CC1. The number of hydrogen-bond acceptors (Lipinski definition) is 2. The van der Waals surface area contributed by atoms with Crippen molar-refractivity contribution in [2.24, 2.45) is 29.4 Å². The first-order chi connectivity index (χ1) is 10.6. The first-order valence-corrected chi connectivity index (χ1v) is 8.93. The number of nitrogens with two attached hydrogens (primary N) is 1. The Labute approximate surface area is 133 Å². The predicted octanol–water partition coefficient (Wildman–Crippen LogP) is 2.11. The predicted molar refractivity (Wildman–Crippen MR) is 85.1 cm³/mol. The standard InChI is InChI=1S/C17H29N3O2/c18-16(21)11-12-4-7-20(8-5-12)17(22)19-6-3-15-10-13-1-2-14(15)9-13/h12-15H,1-11H2,(H2,18,21)(H,19,22)/t13-,14-,15-/m0/s1. The lowest BCUT2D eigenvalue weighted by Crippen LogP contribution is -2.45. The zero-order chi connectivity index (χ0) is 15.5. The Morgan fingerprint density at radius 1 is 1.09 bits per heavy atom. The third-order valence-corrected chi connectivity index (χ3v) is 6.07. The van der Waals surface area contributed by atoms with Gasteiger partial charge in [0.1, 0.15) is 0 Å². The van der Waals surface area contributed by atoms with Crippen molar-refractivity contribution >= 4 is 11.9 Å². The van der Waals surface area contributed by atoms with E-state index in [9.17, 15) is 9.59 Å². The molecule has 3 amide bonds. The smallest absolute Gasteiger partial charge is 0.317 e. The van der Waals surface area contributed by atoms with E-state index in [-0.39, 0.29) is 11.9 Å².